The van der Waals surface area contributed by atoms with Crippen molar-refractivity contribution in [2.75, 3.05) is 19.5 Å². The van der Waals surface area contributed by atoms with Crippen LogP contribution in [0.15, 0.2) is 24.3 Å². The summed E-state index contributed by atoms with van der Waals surface area (Å²) in [4.78, 5) is 0. The molecule has 0 aliphatic carbocycles. The standard InChI is InChI=1S/C11H16ClNO2/c1-15-11-4-2-3-9(5-11)7-13-8-10(14)6-12/h2-5,10,13-14H,6-8H2,1H3. The van der Waals surface area contributed by atoms with Crippen molar-refractivity contribution in [1.29, 1.82) is 0 Å². The third-order valence-electron chi connectivity index (χ3n) is 2.02. The molecular formula is C11H16ClNO2. The Morgan fingerprint density at radius 1 is 1.53 bits per heavy atom. The van der Waals surface area contributed by atoms with Crippen LogP contribution in [-0.2, 0) is 6.54 Å². The van der Waals surface area contributed by atoms with Crippen LogP contribution < -0.4 is 10.1 Å². The highest BCUT2D eigenvalue weighted by atomic mass is 35.5. The van der Waals surface area contributed by atoms with Crippen molar-refractivity contribution in [1.82, 2.24) is 5.32 Å². The van der Waals surface area contributed by atoms with E-state index in [0.717, 1.165) is 11.3 Å². The van der Waals surface area contributed by atoms with Crippen LogP contribution in [0.4, 0.5) is 0 Å². The fraction of sp³-hybridized carbons (Fsp3) is 0.455. The van der Waals surface area contributed by atoms with Gasteiger partial charge in [0.1, 0.15) is 5.75 Å². The molecule has 1 atom stereocenters. The average molecular weight is 230 g/mol. The van der Waals surface area contributed by atoms with Crippen molar-refractivity contribution in [2.24, 2.45) is 0 Å². The fourth-order valence-corrected chi connectivity index (χ4v) is 1.33. The highest BCUT2D eigenvalue weighted by Crippen LogP contribution is 2.11. The van der Waals surface area contributed by atoms with Crippen molar-refractivity contribution in [3.05, 3.63) is 29.8 Å². The lowest BCUT2D eigenvalue weighted by Gasteiger charge is -2.09. The van der Waals surface area contributed by atoms with Gasteiger partial charge in [-0.15, -0.1) is 11.6 Å². The molecule has 0 amide bonds. The van der Waals surface area contributed by atoms with Crippen LogP contribution in [0.25, 0.3) is 0 Å². The number of methoxy groups -OCH3 is 1. The quantitative estimate of drug-likeness (QED) is 0.725. The molecule has 2 N–H and O–H groups in total. The lowest BCUT2D eigenvalue weighted by Crippen LogP contribution is -2.27. The van der Waals surface area contributed by atoms with Gasteiger partial charge in [0, 0.05) is 19.0 Å². The van der Waals surface area contributed by atoms with Gasteiger partial charge in [0.2, 0.25) is 0 Å². The number of aliphatic hydroxyl groups is 1. The Hall–Kier alpha value is -0.770. The van der Waals surface area contributed by atoms with E-state index in [4.69, 9.17) is 16.3 Å². The van der Waals surface area contributed by atoms with Gasteiger partial charge < -0.3 is 15.2 Å². The maximum atomic E-state index is 9.22. The van der Waals surface area contributed by atoms with E-state index in [1.165, 1.54) is 0 Å². The van der Waals surface area contributed by atoms with Gasteiger partial charge >= 0.3 is 0 Å². The second-order valence-electron chi connectivity index (χ2n) is 3.29. The van der Waals surface area contributed by atoms with Crippen molar-refractivity contribution >= 4 is 11.6 Å². The summed E-state index contributed by atoms with van der Waals surface area (Å²) >= 11 is 5.47. The van der Waals surface area contributed by atoms with Gasteiger partial charge in [-0.1, -0.05) is 12.1 Å². The summed E-state index contributed by atoms with van der Waals surface area (Å²) in [5, 5.41) is 12.3. The molecule has 0 saturated carbocycles. The van der Waals surface area contributed by atoms with Gasteiger partial charge in [-0.2, -0.15) is 0 Å². The van der Waals surface area contributed by atoms with E-state index in [1.54, 1.807) is 7.11 Å². The first-order valence-electron chi connectivity index (χ1n) is 4.84. The van der Waals surface area contributed by atoms with Crippen LogP contribution in [0.3, 0.4) is 0 Å². The lowest BCUT2D eigenvalue weighted by atomic mass is 10.2. The lowest BCUT2D eigenvalue weighted by molar-refractivity contribution is 0.194. The summed E-state index contributed by atoms with van der Waals surface area (Å²) in [6.45, 7) is 1.20. The molecule has 0 saturated heterocycles. The Bertz CT molecular complexity index is 294. The van der Waals surface area contributed by atoms with Gasteiger partial charge in [-0.25, -0.2) is 0 Å². The molecule has 0 radical (unpaired) electrons. The number of aliphatic hydroxyl groups excluding tert-OH is 1. The topological polar surface area (TPSA) is 41.5 Å². The molecule has 4 heteroatoms. The highest BCUT2D eigenvalue weighted by molar-refractivity contribution is 6.18. The first-order valence-corrected chi connectivity index (χ1v) is 5.37. The first kappa shape index (κ1) is 12.3. The Balaban J connectivity index is 2.37. The van der Waals surface area contributed by atoms with Gasteiger partial charge in [0.25, 0.3) is 0 Å². The predicted molar refractivity (Wildman–Crippen MR) is 61.4 cm³/mol. The molecule has 0 fully saturated rings. The molecule has 0 aliphatic heterocycles. The molecule has 3 nitrogen and oxygen atoms in total. The van der Waals surface area contributed by atoms with Crippen LogP contribution in [0.5, 0.6) is 5.75 Å². The number of halogens is 1. The molecule has 0 bridgehead atoms. The number of hydrogen-bond donors (Lipinski definition) is 2. The summed E-state index contributed by atoms with van der Waals surface area (Å²) < 4.78 is 5.11. The Kier molecular flexibility index (Phi) is 5.47. The molecule has 0 aromatic heterocycles. The second kappa shape index (κ2) is 6.67. The van der Waals surface area contributed by atoms with Crippen LogP contribution in [0.1, 0.15) is 5.56 Å². The van der Waals surface area contributed by atoms with Crippen molar-refractivity contribution in [3.63, 3.8) is 0 Å². The molecular weight excluding hydrogens is 214 g/mol. The smallest absolute Gasteiger partial charge is 0.119 e. The first-order chi connectivity index (χ1) is 7.26. The Morgan fingerprint density at radius 3 is 3.00 bits per heavy atom. The van der Waals surface area contributed by atoms with E-state index < -0.39 is 6.10 Å². The van der Waals surface area contributed by atoms with Gasteiger partial charge in [-0.05, 0) is 17.7 Å². The predicted octanol–water partition coefficient (Wildman–Crippen LogP) is 1.38. The molecule has 0 aliphatic rings. The zero-order chi connectivity index (χ0) is 11.1. The van der Waals surface area contributed by atoms with Gasteiger partial charge in [0.15, 0.2) is 0 Å². The van der Waals surface area contributed by atoms with Crippen LogP contribution >= 0.6 is 11.6 Å². The number of alkyl halides is 1. The zero-order valence-corrected chi connectivity index (χ0v) is 9.50. The minimum absolute atomic E-state index is 0.255. The highest BCUT2D eigenvalue weighted by Gasteiger charge is 2.01. The molecule has 1 unspecified atom stereocenters. The van der Waals surface area contributed by atoms with E-state index in [9.17, 15) is 5.11 Å². The normalized spacial score (nSPS) is 12.5. The maximum Gasteiger partial charge on any atom is 0.119 e. The van der Waals surface area contributed by atoms with E-state index in [0.29, 0.717) is 13.1 Å². The van der Waals surface area contributed by atoms with E-state index in [1.807, 2.05) is 24.3 Å². The number of nitrogens with one attached hydrogen (secondary N) is 1. The fourth-order valence-electron chi connectivity index (χ4n) is 1.22. The SMILES string of the molecule is COc1cccc(CNCC(O)CCl)c1. The van der Waals surface area contributed by atoms with E-state index in [-0.39, 0.29) is 5.88 Å². The summed E-state index contributed by atoms with van der Waals surface area (Å²) in [5.74, 6) is 1.10. The van der Waals surface area contributed by atoms with Crippen LogP contribution in [0.2, 0.25) is 0 Å². The molecule has 84 valence electrons. The van der Waals surface area contributed by atoms with Crippen molar-refractivity contribution in [3.8, 4) is 5.75 Å². The molecule has 1 aromatic rings. The Morgan fingerprint density at radius 2 is 2.33 bits per heavy atom. The van der Waals surface area contributed by atoms with E-state index >= 15 is 0 Å². The van der Waals surface area contributed by atoms with Gasteiger partial charge in [0.05, 0.1) is 13.2 Å². The molecule has 0 spiro atoms. The molecule has 15 heavy (non-hydrogen) atoms. The number of rotatable bonds is 6. The number of ether oxygens (including phenoxy) is 1. The summed E-state index contributed by atoms with van der Waals surface area (Å²) in [6.07, 6.45) is -0.489. The maximum absolute atomic E-state index is 9.22. The van der Waals surface area contributed by atoms with Gasteiger partial charge in [-0.3, -0.25) is 0 Å². The number of benzene rings is 1. The summed E-state index contributed by atoms with van der Waals surface area (Å²) in [6, 6.07) is 7.80. The largest absolute Gasteiger partial charge is 0.497 e. The molecule has 1 rings (SSSR count). The van der Waals surface area contributed by atoms with Crippen LogP contribution in [-0.4, -0.2) is 30.7 Å². The zero-order valence-electron chi connectivity index (χ0n) is 8.74. The molecule has 1 aromatic carbocycles. The minimum atomic E-state index is -0.489. The van der Waals surface area contributed by atoms with E-state index in [2.05, 4.69) is 5.32 Å². The van der Waals surface area contributed by atoms with Crippen LogP contribution in [0, 0.1) is 0 Å². The second-order valence-corrected chi connectivity index (χ2v) is 3.60. The molecule has 0 heterocycles. The van der Waals surface area contributed by atoms with Crippen molar-refractivity contribution < 1.29 is 9.84 Å². The van der Waals surface area contributed by atoms with Crippen molar-refractivity contribution in [2.45, 2.75) is 12.6 Å². The summed E-state index contributed by atoms with van der Waals surface area (Å²) in [7, 11) is 1.64. The third-order valence-corrected chi connectivity index (χ3v) is 2.38. The Labute approximate surface area is 95.0 Å². The average Bonchev–Trinajstić information content (AvgIpc) is 2.29. The third kappa shape index (κ3) is 4.51. The number of hydrogen-bond acceptors (Lipinski definition) is 3. The minimum Gasteiger partial charge on any atom is -0.497 e. The monoisotopic (exact) mass is 229 g/mol. The summed E-state index contributed by atoms with van der Waals surface area (Å²) in [5.41, 5.74) is 1.12.